The van der Waals surface area contributed by atoms with E-state index in [1.807, 2.05) is 26.0 Å². The zero-order valence-corrected chi connectivity index (χ0v) is 12.6. The molecule has 0 fully saturated rings. The van der Waals surface area contributed by atoms with Crippen LogP contribution in [0.25, 0.3) is 0 Å². The van der Waals surface area contributed by atoms with Crippen LogP contribution in [0.15, 0.2) is 41.3 Å². The van der Waals surface area contributed by atoms with Gasteiger partial charge in [-0.15, -0.1) is 11.3 Å². The first-order valence-electron chi connectivity index (χ1n) is 5.99. The second-order valence-electron chi connectivity index (χ2n) is 4.35. The highest BCUT2D eigenvalue weighted by Gasteiger charge is 2.14. The molecule has 1 aromatic heterocycles. The topological polar surface area (TPSA) is 43.4 Å². The summed E-state index contributed by atoms with van der Waals surface area (Å²) in [7, 11) is -3.64. The quantitative estimate of drug-likeness (QED) is 0.795. The van der Waals surface area contributed by atoms with E-state index in [0.29, 0.717) is 6.42 Å². The maximum atomic E-state index is 11.9. The lowest BCUT2D eigenvalue weighted by Gasteiger charge is -2.05. The first-order valence-corrected chi connectivity index (χ1v) is 8.21. The molecular weight excluding hydrogens is 280 g/mol. The van der Waals surface area contributed by atoms with E-state index in [0.717, 1.165) is 10.4 Å². The van der Waals surface area contributed by atoms with Gasteiger partial charge in [0, 0.05) is 16.2 Å². The third kappa shape index (κ3) is 3.89. The van der Waals surface area contributed by atoms with Crippen molar-refractivity contribution < 1.29 is 12.6 Å². The van der Waals surface area contributed by atoms with Crippen molar-refractivity contribution in [2.45, 2.75) is 25.2 Å². The summed E-state index contributed by atoms with van der Waals surface area (Å²) in [5.74, 6) is 0. The summed E-state index contributed by atoms with van der Waals surface area (Å²) >= 11 is 1.66. The van der Waals surface area contributed by atoms with Gasteiger partial charge in [0.15, 0.2) is 0 Å². The van der Waals surface area contributed by atoms with Crippen LogP contribution in [0.2, 0.25) is 0 Å². The number of hydrogen-bond acceptors (Lipinski definition) is 4. The van der Waals surface area contributed by atoms with E-state index in [2.05, 4.69) is 0 Å². The lowest BCUT2D eigenvalue weighted by atomic mass is 10.2. The fourth-order valence-corrected chi connectivity index (χ4v) is 3.42. The average Bonchev–Trinajstić information content (AvgIpc) is 2.75. The van der Waals surface area contributed by atoms with Gasteiger partial charge >= 0.3 is 0 Å². The standard InChI is InChI=1S/C14H16O3S2/c1-11-3-7-14(8-4-11)19(15,16)17-10-9-13-6-5-12(2)18-13/h3-8H,9-10H2,1-2H3. The first kappa shape index (κ1) is 14.2. The second-order valence-corrected chi connectivity index (χ2v) is 7.34. The molecule has 0 spiro atoms. The Morgan fingerprint density at radius 2 is 1.74 bits per heavy atom. The fourth-order valence-electron chi connectivity index (χ4n) is 1.64. The van der Waals surface area contributed by atoms with E-state index in [4.69, 9.17) is 4.18 Å². The van der Waals surface area contributed by atoms with E-state index in [1.165, 1.54) is 4.88 Å². The van der Waals surface area contributed by atoms with E-state index in [9.17, 15) is 8.42 Å². The van der Waals surface area contributed by atoms with Crippen LogP contribution in [0.4, 0.5) is 0 Å². The van der Waals surface area contributed by atoms with Gasteiger partial charge in [-0.2, -0.15) is 8.42 Å². The number of benzene rings is 1. The molecule has 0 N–H and O–H groups in total. The van der Waals surface area contributed by atoms with Gasteiger partial charge < -0.3 is 0 Å². The van der Waals surface area contributed by atoms with Gasteiger partial charge in [0.05, 0.1) is 11.5 Å². The zero-order valence-electron chi connectivity index (χ0n) is 10.9. The van der Waals surface area contributed by atoms with Gasteiger partial charge in [-0.25, -0.2) is 0 Å². The van der Waals surface area contributed by atoms with Crippen LogP contribution in [0.3, 0.4) is 0 Å². The Balaban J connectivity index is 1.96. The van der Waals surface area contributed by atoms with Crippen LogP contribution >= 0.6 is 11.3 Å². The fraction of sp³-hybridized carbons (Fsp3) is 0.286. The van der Waals surface area contributed by atoms with Crippen molar-refractivity contribution in [3.05, 3.63) is 51.7 Å². The van der Waals surface area contributed by atoms with Crippen LogP contribution in [-0.2, 0) is 20.7 Å². The molecular formula is C14H16O3S2. The Hall–Kier alpha value is -1.17. The average molecular weight is 296 g/mol. The van der Waals surface area contributed by atoms with E-state index >= 15 is 0 Å². The molecule has 2 rings (SSSR count). The van der Waals surface area contributed by atoms with Crippen molar-refractivity contribution in [3.63, 3.8) is 0 Å². The third-order valence-corrected chi connectivity index (χ3v) is 5.08. The molecule has 0 unspecified atom stereocenters. The zero-order chi connectivity index (χ0) is 13.9. The first-order chi connectivity index (χ1) is 8.97. The summed E-state index contributed by atoms with van der Waals surface area (Å²) in [6, 6.07) is 10.7. The molecule has 0 aliphatic rings. The monoisotopic (exact) mass is 296 g/mol. The van der Waals surface area contributed by atoms with Gasteiger partial charge in [-0.1, -0.05) is 17.7 Å². The molecule has 102 valence electrons. The van der Waals surface area contributed by atoms with Crippen molar-refractivity contribution in [1.82, 2.24) is 0 Å². The highest BCUT2D eigenvalue weighted by atomic mass is 32.2. The Bertz CT molecular complexity index is 640. The van der Waals surface area contributed by atoms with Gasteiger partial charge in [0.2, 0.25) is 0 Å². The highest BCUT2D eigenvalue weighted by Crippen LogP contribution is 2.17. The molecule has 3 nitrogen and oxygen atoms in total. The van der Waals surface area contributed by atoms with Gasteiger partial charge in [-0.05, 0) is 38.1 Å². The summed E-state index contributed by atoms with van der Waals surface area (Å²) in [4.78, 5) is 2.56. The molecule has 1 aromatic carbocycles. The maximum Gasteiger partial charge on any atom is 0.296 e. The second kappa shape index (κ2) is 5.86. The summed E-state index contributed by atoms with van der Waals surface area (Å²) in [6.07, 6.45) is 0.615. The van der Waals surface area contributed by atoms with Gasteiger partial charge in [-0.3, -0.25) is 4.18 Å². The lowest BCUT2D eigenvalue weighted by molar-refractivity contribution is 0.323. The highest BCUT2D eigenvalue weighted by molar-refractivity contribution is 7.86. The molecule has 19 heavy (non-hydrogen) atoms. The minimum absolute atomic E-state index is 0.177. The largest absolute Gasteiger partial charge is 0.296 e. The molecule has 0 bridgehead atoms. The number of aryl methyl sites for hydroxylation is 2. The molecule has 5 heteroatoms. The predicted octanol–water partition coefficient (Wildman–Crippen LogP) is 3.31. The van der Waals surface area contributed by atoms with Gasteiger partial charge in [0.25, 0.3) is 10.1 Å². The van der Waals surface area contributed by atoms with E-state index in [1.54, 1.807) is 35.6 Å². The molecule has 0 saturated heterocycles. The Labute approximate surface area is 118 Å². The number of thiophene rings is 1. The summed E-state index contributed by atoms with van der Waals surface area (Å²) < 4.78 is 28.9. The predicted molar refractivity (Wildman–Crippen MR) is 77.1 cm³/mol. The maximum absolute atomic E-state index is 11.9. The van der Waals surface area contributed by atoms with E-state index in [-0.39, 0.29) is 11.5 Å². The minimum atomic E-state index is -3.64. The lowest BCUT2D eigenvalue weighted by Crippen LogP contribution is -2.08. The number of hydrogen-bond donors (Lipinski definition) is 0. The normalized spacial score (nSPS) is 11.7. The molecule has 0 atom stereocenters. The van der Waals surface area contributed by atoms with Crippen LogP contribution in [0.5, 0.6) is 0 Å². The van der Waals surface area contributed by atoms with Crippen molar-refractivity contribution in [3.8, 4) is 0 Å². The molecule has 0 aliphatic carbocycles. The summed E-state index contributed by atoms with van der Waals surface area (Å²) in [6.45, 7) is 4.12. The van der Waals surface area contributed by atoms with Crippen molar-refractivity contribution >= 4 is 21.5 Å². The molecule has 0 aliphatic heterocycles. The van der Waals surface area contributed by atoms with Crippen LogP contribution in [0, 0.1) is 13.8 Å². The Kier molecular flexibility index (Phi) is 4.39. The Morgan fingerprint density at radius 1 is 1.05 bits per heavy atom. The van der Waals surface area contributed by atoms with Crippen molar-refractivity contribution in [2.24, 2.45) is 0 Å². The van der Waals surface area contributed by atoms with E-state index < -0.39 is 10.1 Å². The summed E-state index contributed by atoms with van der Waals surface area (Å²) in [5.41, 5.74) is 1.02. The molecule has 1 heterocycles. The smallest absolute Gasteiger partial charge is 0.266 e. The molecule has 0 radical (unpaired) electrons. The Morgan fingerprint density at radius 3 is 2.32 bits per heavy atom. The van der Waals surface area contributed by atoms with Crippen molar-refractivity contribution in [1.29, 1.82) is 0 Å². The summed E-state index contributed by atoms with van der Waals surface area (Å²) in [5, 5.41) is 0. The molecule has 0 saturated carbocycles. The molecule has 2 aromatic rings. The van der Waals surface area contributed by atoms with Crippen molar-refractivity contribution in [2.75, 3.05) is 6.61 Å². The van der Waals surface area contributed by atoms with Crippen LogP contribution in [-0.4, -0.2) is 15.0 Å². The van der Waals surface area contributed by atoms with Crippen LogP contribution in [0.1, 0.15) is 15.3 Å². The van der Waals surface area contributed by atoms with Gasteiger partial charge in [0.1, 0.15) is 0 Å². The third-order valence-electron chi connectivity index (χ3n) is 2.69. The minimum Gasteiger partial charge on any atom is -0.266 e. The number of rotatable bonds is 5. The van der Waals surface area contributed by atoms with Crippen LogP contribution < -0.4 is 0 Å². The SMILES string of the molecule is Cc1ccc(S(=O)(=O)OCCc2ccc(C)s2)cc1. The molecule has 0 amide bonds.